The lowest BCUT2D eigenvalue weighted by atomic mass is 9.98. The highest BCUT2D eigenvalue weighted by molar-refractivity contribution is 7.92. The lowest BCUT2D eigenvalue weighted by Gasteiger charge is -2.12. The summed E-state index contributed by atoms with van der Waals surface area (Å²) in [4.78, 5) is 17.2. The van der Waals surface area contributed by atoms with Crippen molar-refractivity contribution in [2.45, 2.75) is 48.2 Å². The van der Waals surface area contributed by atoms with Crippen molar-refractivity contribution in [1.29, 1.82) is 0 Å². The van der Waals surface area contributed by atoms with Crippen LogP contribution in [-0.2, 0) is 14.6 Å². The third kappa shape index (κ3) is 4.43. The van der Waals surface area contributed by atoms with Gasteiger partial charge >= 0.3 is 0 Å². The SMILES string of the molecule is O=C(Nc1ccccn1)/C(=C/[C@H]1C[C@@H](F)[C@@H](F)C1)c1ccc(S(=O)(=O)C2CC2)cc1. The van der Waals surface area contributed by atoms with E-state index in [0.29, 0.717) is 24.2 Å². The third-order valence-electron chi connectivity index (χ3n) is 5.46. The number of nitrogens with zero attached hydrogens (tertiary/aromatic N) is 1. The summed E-state index contributed by atoms with van der Waals surface area (Å²) in [5.74, 6) is -0.543. The van der Waals surface area contributed by atoms with Crippen LogP contribution >= 0.6 is 0 Å². The molecule has 158 valence electrons. The van der Waals surface area contributed by atoms with Gasteiger partial charge in [0.05, 0.1) is 10.1 Å². The molecule has 5 nitrogen and oxygen atoms in total. The summed E-state index contributed by atoms with van der Waals surface area (Å²) in [5, 5.41) is 2.36. The molecule has 0 spiro atoms. The molecule has 30 heavy (non-hydrogen) atoms. The monoisotopic (exact) mass is 432 g/mol. The van der Waals surface area contributed by atoms with E-state index in [1.807, 2.05) is 0 Å². The Labute approximate surface area is 174 Å². The van der Waals surface area contributed by atoms with Gasteiger partial charge in [0.25, 0.3) is 5.91 Å². The van der Waals surface area contributed by atoms with Crippen molar-refractivity contribution in [1.82, 2.24) is 4.98 Å². The number of halogens is 2. The molecule has 2 aliphatic rings. The molecule has 1 heterocycles. The number of alkyl halides is 2. The number of carbonyl (C=O) groups excluding carboxylic acids is 1. The van der Waals surface area contributed by atoms with Gasteiger partial charge in [-0.3, -0.25) is 4.79 Å². The molecule has 0 unspecified atom stereocenters. The number of benzene rings is 1. The highest BCUT2D eigenvalue weighted by Gasteiger charge is 2.37. The number of aromatic nitrogens is 1. The first-order chi connectivity index (χ1) is 14.3. The number of hydrogen-bond acceptors (Lipinski definition) is 4. The molecule has 1 aromatic carbocycles. The molecule has 1 N–H and O–H groups in total. The number of allylic oxidation sites excluding steroid dienone is 1. The summed E-state index contributed by atoms with van der Waals surface area (Å²) in [6.07, 6.45) is 1.38. The van der Waals surface area contributed by atoms with Crippen molar-refractivity contribution >= 4 is 27.1 Å². The van der Waals surface area contributed by atoms with Gasteiger partial charge in [0.15, 0.2) is 9.84 Å². The van der Waals surface area contributed by atoms with E-state index in [1.165, 1.54) is 18.3 Å². The van der Waals surface area contributed by atoms with Crippen LogP contribution in [0.2, 0.25) is 0 Å². The quantitative estimate of drug-likeness (QED) is 0.697. The first kappa shape index (κ1) is 20.7. The number of sulfone groups is 1. The van der Waals surface area contributed by atoms with E-state index in [9.17, 15) is 22.0 Å². The number of pyridine rings is 1. The molecule has 0 aliphatic heterocycles. The van der Waals surface area contributed by atoms with E-state index in [0.717, 1.165) is 0 Å². The molecular weight excluding hydrogens is 410 g/mol. The first-order valence-electron chi connectivity index (χ1n) is 9.91. The standard InChI is InChI=1S/C22H22F2N2O3S/c23-19-12-14(13-20(19)24)11-18(22(27)26-21-3-1-2-10-25-21)15-4-6-16(7-5-15)30(28,29)17-8-9-17/h1-7,10-11,14,17,19-20H,8-9,12-13H2,(H,25,26,27)/b18-11+/t14-,19+,20-. The fourth-order valence-electron chi connectivity index (χ4n) is 3.66. The molecule has 3 atom stereocenters. The first-order valence-corrected chi connectivity index (χ1v) is 11.5. The van der Waals surface area contributed by atoms with E-state index in [2.05, 4.69) is 10.3 Å². The van der Waals surface area contributed by atoms with Crippen molar-refractivity contribution in [2.75, 3.05) is 5.32 Å². The lowest BCUT2D eigenvalue weighted by molar-refractivity contribution is -0.111. The molecule has 4 rings (SSSR count). The second-order valence-corrected chi connectivity index (χ2v) is 10.0. The summed E-state index contributed by atoms with van der Waals surface area (Å²) in [7, 11) is -3.34. The maximum Gasteiger partial charge on any atom is 0.257 e. The van der Waals surface area contributed by atoms with Gasteiger partial charge in [-0.1, -0.05) is 24.3 Å². The van der Waals surface area contributed by atoms with E-state index in [1.54, 1.807) is 36.4 Å². The van der Waals surface area contributed by atoms with Crippen molar-refractivity contribution in [2.24, 2.45) is 5.92 Å². The maximum absolute atomic E-state index is 13.7. The molecule has 2 aromatic rings. The van der Waals surface area contributed by atoms with Crippen molar-refractivity contribution in [3.63, 3.8) is 0 Å². The van der Waals surface area contributed by atoms with Crippen molar-refractivity contribution in [3.8, 4) is 0 Å². The van der Waals surface area contributed by atoms with E-state index >= 15 is 0 Å². The van der Waals surface area contributed by atoms with Gasteiger partial charge in [-0.25, -0.2) is 22.2 Å². The predicted octanol–water partition coefficient (Wildman–Crippen LogP) is 4.13. The van der Waals surface area contributed by atoms with Crippen molar-refractivity contribution < 1.29 is 22.0 Å². The number of rotatable bonds is 6. The van der Waals surface area contributed by atoms with Crippen LogP contribution in [0.25, 0.3) is 5.57 Å². The molecule has 2 fully saturated rings. The van der Waals surface area contributed by atoms with Gasteiger partial charge < -0.3 is 5.32 Å². The Morgan fingerprint density at radius 1 is 1.03 bits per heavy atom. The molecule has 1 aromatic heterocycles. The summed E-state index contributed by atoms with van der Waals surface area (Å²) >= 11 is 0. The van der Waals surface area contributed by atoms with E-state index in [-0.39, 0.29) is 28.6 Å². The van der Waals surface area contributed by atoms with Crippen LogP contribution in [0.3, 0.4) is 0 Å². The molecule has 0 bridgehead atoms. The predicted molar refractivity (Wildman–Crippen MR) is 110 cm³/mol. The summed E-state index contributed by atoms with van der Waals surface area (Å²) < 4.78 is 52.1. The zero-order valence-electron chi connectivity index (χ0n) is 16.2. The minimum Gasteiger partial charge on any atom is -0.307 e. The highest BCUT2D eigenvalue weighted by Crippen LogP contribution is 2.36. The third-order valence-corrected chi connectivity index (χ3v) is 7.74. The van der Waals surface area contributed by atoms with Crippen molar-refractivity contribution in [3.05, 3.63) is 60.3 Å². The zero-order chi connectivity index (χ0) is 21.3. The minimum atomic E-state index is -3.34. The van der Waals surface area contributed by atoms with Crippen LogP contribution in [0.5, 0.6) is 0 Å². The fourth-order valence-corrected chi connectivity index (χ4v) is 5.32. The summed E-state index contributed by atoms with van der Waals surface area (Å²) in [5.41, 5.74) is 0.721. The number of anilines is 1. The molecule has 1 amide bonds. The van der Waals surface area contributed by atoms with Crippen LogP contribution in [0.1, 0.15) is 31.2 Å². The van der Waals surface area contributed by atoms with Gasteiger partial charge in [-0.15, -0.1) is 0 Å². The second-order valence-electron chi connectivity index (χ2n) is 7.78. The van der Waals surface area contributed by atoms with Crippen LogP contribution in [-0.4, -0.2) is 36.9 Å². The molecule has 8 heteroatoms. The average molecular weight is 432 g/mol. The normalized spacial score (nSPS) is 24.6. The van der Waals surface area contributed by atoms with Crippen LogP contribution < -0.4 is 5.32 Å². The van der Waals surface area contributed by atoms with Gasteiger partial charge in [0.2, 0.25) is 0 Å². The molecule has 0 radical (unpaired) electrons. The van der Waals surface area contributed by atoms with Gasteiger partial charge in [0.1, 0.15) is 18.2 Å². The number of nitrogens with one attached hydrogen (secondary N) is 1. The highest BCUT2D eigenvalue weighted by atomic mass is 32.2. The molecular formula is C22H22F2N2O3S. The largest absolute Gasteiger partial charge is 0.307 e. The Balaban J connectivity index is 1.63. The minimum absolute atomic E-state index is 0.00960. The lowest BCUT2D eigenvalue weighted by Crippen LogP contribution is -2.16. The van der Waals surface area contributed by atoms with Crippen LogP contribution in [0.15, 0.2) is 59.6 Å². The Bertz CT molecular complexity index is 1040. The maximum atomic E-state index is 13.7. The number of carbonyl (C=O) groups is 1. The van der Waals surface area contributed by atoms with Crippen LogP contribution in [0.4, 0.5) is 14.6 Å². The average Bonchev–Trinajstić information content (AvgIpc) is 3.54. The van der Waals surface area contributed by atoms with Gasteiger partial charge in [-0.2, -0.15) is 0 Å². The van der Waals surface area contributed by atoms with Gasteiger partial charge in [-0.05, 0) is 61.4 Å². The number of amides is 1. The molecule has 2 saturated carbocycles. The molecule has 2 aliphatic carbocycles. The van der Waals surface area contributed by atoms with E-state index < -0.39 is 34.0 Å². The van der Waals surface area contributed by atoms with Gasteiger partial charge in [0, 0.05) is 11.8 Å². The van der Waals surface area contributed by atoms with E-state index in [4.69, 9.17) is 0 Å². The fraction of sp³-hybridized carbons (Fsp3) is 0.364. The number of hydrogen-bond donors (Lipinski definition) is 1. The van der Waals surface area contributed by atoms with Crippen LogP contribution in [0, 0.1) is 5.92 Å². The topological polar surface area (TPSA) is 76.1 Å². The smallest absolute Gasteiger partial charge is 0.257 e. The Morgan fingerprint density at radius 2 is 1.70 bits per heavy atom. The second kappa shape index (κ2) is 8.26. The Morgan fingerprint density at radius 3 is 2.27 bits per heavy atom. The Kier molecular flexibility index (Phi) is 5.69. The molecule has 0 saturated heterocycles. The summed E-state index contributed by atoms with van der Waals surface area (Å²) in [6, 6.07) is 11.2. The Hall–Kier alpha value is -2.61. The summed E-state index contributed by atoms with van der Waals surface area (Å²) in [6.45, 7) is 0. The zero-order valence-corrected chi connectivity index (χ0v) is 17.0.